The second kappa shape index (κ2) is 10.9. The molecule has 1 fully saturated rings. The van der Waals surface area contributed by atoms with Crippen molar-refractivity contribution < 1.29 is 23.9 Å². The summed E-state index contributed by atoms with van der Waals surface area (Å²) in [5.74, 6) is 0.0621. The fraction of sp³-hybridized carbons (Fsp3) is 0.296. The maximum Gasteiger partial charge on any atom is 0.408 e. The molecule has 4 rings (SSSR count). The first-order chi connectivity index (χ1) is 17.0. The molecule has 35 heavy (non-hydrogen) atoms. The Morgan fingerprint density at radius 1 is 1.06 bits per heavy atom. The molecule has 3 amide bonds. The van der Waals surface area contributed by atoms with Gasteiger partial charge < -0.3 is 25.0 Å². The van der Waals surface area contributed by atoms with Crippen LogP contribution in [-0.2, 0) is 20.9 Å². The molecule has 0 radical (unpaired) electrons. The lowest BCUT2D eigenvalue weighted by Gasteiger charge is -2.27. The fourth-order valence-electron chi connectivity index (χ4n) is 4.30. The summed E-state index contributed by atoms with van der Waals surface area (Å²) in [7, 11) is 1.59. The number of amides is 3. The van der Waals surface area contributed by atoms with E-state index in [1.165, 1.54) is 4.90 Å². The molecule has 3 aromatic carbocycles. The van der Waals surface area contributed by atoms with Gasteiger partial charge in [-0.3, -0.25) is 9.59 Å². The number of nitrogens with zero attached hydrogens (tertiary/aromatic N) is 1. The predicted molar refractivity (Wildman–Crippen MR) is 133 cm³/mol. The number of carbonyl (C=O) groups is 3. The minimum atomic E-state index is -0.826. The number of methoxy groups -OCH3 is 1. The average molecular weight is 476 g/mol. The molecule has 0 saturated carbocycles. The number of alkyl carbamates (subject to hydrolysis) is 1. The summed E-state index contributed by atoms with van der Waals surface area (Å²) in [6.45, 7) is 2.15. The highest BCUT2D eigenvalue weighted by Crippen LogP contribution is 2.30. The van der Waals surface area contributed by atoms with Crippen LogP contribution < -0.4 is 15.4 Å². The van der Waals surface area contributed by atoms with E-state index in [4.69, 9.17) is 9.47 Å². The minimum absolute atomic E-state index is 0.109. The standard InChI is InChI=1S/C27H29N3O5/c1-18(28-27(33)35-17-19-9-4-3-5-10-19)26(32)30-14-8-13-23(30)25(31)29-21-15-20-11-6-7-12-22(20)24(16-21)34-2/h3-7,9-12,15-16,18,23H,8,13-14,17H2,1-2H3,(H,28,33)(H,29,31)/t18-,23-/m0/s1. The van der Waals surface area contributed by atoms with Gasteiger partial charge in [0, 0.05) is 23.7 Å². The summed E-state index contributed by atoms with van der Waals surface area (Å²) >= 11 is 0. The number of likely N-dealkylation sites (tertiary alicyclic amines) is 1. The highest BCUT2D eigenvalue weighted by Gasteiger charge is 2.36. The summed E-state index contributed by atoms with van der Waals surface area (Å²) in [4.78, 5) is 39.9. The van der Waals surface area contributed by atoms with E-state index in [1.807, 2.05) is 60.7 Å². The average Bonchev–Trinajstić information content (AvgIpc) is 3.37. The predicted octanol–water partition coefficient (Wildman–Crippen LogP) is 4.09. The molecule has 0 bridgehead atoms. The van der Waals surface area contributed by atoms with Crippen molar-refractivity contribution >= 4 is 34.4 Å². The lowest BCUT2D eigenvalue weighted by atomic mass is 10.1. The highest BCUT2D eigenvalue weighted by molar-refractivity contribution is 6.01. The van der Waals surface area contributed by atoms with Crippen LogP contribution >= 0.6 is 0 Å². The van der Waals surface area contributed by atoms with E-state index in [-0.39, 0.29) is 18.4 Å². The van der Waals surface area contributed by atoms with Crippen molar-refractivity contribution in [2.45, 2.75) is 38.5 Å². The molecule has 3 aromatic rings. The van der Waals surface area contributed by atoms with Gasteiger partial charge in [0.2, 0.25) is 11.8 Å². The van der Waals surface area contributed by atoms with Crippen LogP contribution in [0.15, 0.2) is 66.7 Å². The Labute approximate surface area is 204 Å². The molecule has 0 aliphatic carbocycles. The Balaban J connectivity index is 1.37. The summed E-state index contributed by atoms with van der Waals surface area (Å²) < 4.78 is 10.7. The number of ether oxygens (including phenoxy) is 2. The largest absolute Gasteiger partial charge is 0.496 e. The molecule has 182 valence electrons. The minimum Gasteiger partial charge on any atom is -0.496 e. The maximum atomic E-state index is 13.1. The molecule has 1 aliphatic rings. The van der Waals surface area contributed by atoms with Crippen LogP contribution in [0.2, 0.25) is 0 Å². The lowest BCUT2D eigenvalue weighted by molar-refractivity contribution is -0.138. The fourth-order valence-corrected chi connectivity index (χ4v) is 4.30. The van der Waals surface area contributed by atoms with Crippen LogP contribution in [-0.4, -0.2) is 48.5 Å². The number of hydrogen-bond donors (Lipinski definition) is 2. The van der Waals surface area contributed by atoms with Gasteiger partial charge in [-0.1, -0.05) is 54.6 Å². The van der Waals surface area contributed by atoms with Crippen LogP contribution in [0.25, 0.3) is 10.8 Å². The van der Waals surface area contributed by atoms with Crippen molar-refractivity contribution in [2.75, 3.05) is 19.0 Å². The molecule has 1 aliphatic heterocycles. The van der Waals surface area contributed by atoms with Gasteiger partial charge in [0.1, 0.15) is 24.4 Å². The van der Waals surface area contributed by atoms with Gasteiger partial charge in [0.05, 0.1) is 7.11 Å². The molecule has 2 N–H and O–H groups in total. The number of fused-ring (bicyclic) bond motifs is 1. The molecule has 8 heteroatoms. The summed E-state index contributed by atoms with van der Waals surface area (Å²) in [5.41, 5.74) is 1.45. The Morgan fingerprint density at radius 3 is 2.57 bits per heavy atom. The third kappa shape index (κ3) is 5.71. The first-order valence-corrected chi connectivity index (χ1v) is 11.6. The number of benzene rings is 3. The van der Waals surface area contributed by atoms with Crippen molar-refractivity contribution in [3.05, 3.63) is 72.3 Å². The molecular weight excluding hydrogens is 446 g/mol. The van der Waals surface area contributed by atoms with Crippen molar-refractivity contribution in [1.82, 2.24) is 10.2 Å². The number of anilines is 1. The van der Waals surface area contributed by atoms with Gasteiger partial charge in [-0.05, 0) is 36.8 Å². The molecular formula is C27H29N3O5. The van der Waals surface area contributed by atoms with E-state index >= 15 is 0 Å². The van der Waals surface area contributed by atoms with E-state index in [0.717, 1.165) is 16.3 Å². The third-order valence-corrected chi connectivity index (χ3v) is 6.07. The van der Waals surface area contributed by atoms with E-state index in [9.17, 15) is 14.4 Å². The molecule has 1 heterocycles. The highest BCUT2D eigenvalue weighted by atomic mass is 16.5. The number of nitrogens with one attached hydrogen (secondary N) is 2. The van der Waals surface area contributed by atoms with Gasteiger partial charge in [0.15, 0.2) is 0 Å². The van der Waals surface area contributed by atoms with Gasteiger partial charge in [-0.25, -0.2) is 4.79 Å². The van der Waals surface area contributed by atoms with Crippen LogP contribution in [0.4, 0.5) is 10.5 Å². The van der Waals surface area contributed by atoms with E-state index < -0.39 is 18.2 Å². The number of rotatable bonds is 7. The van der Waals surface area contributed by atoms with Crippen molar-refractivity contribution in [3.63, 3.8) is 0 Å². The van der Waals surface area contributed by atoms with Gasteiger partial charge in [0.25, 0.3) is 0 Å². The second-order valence-corrected chi connectivity index (χ2v) is 8.51. The van der Waals surface area contributed by atoms with Gasteiger partial charge >= 0.3 is 6.09 Å². The van der Waals surface area contributed by atoms with Crippen LogP contribution in [0, 0.1) is 0 Å². The lowest BCUT2D eigenvalue weighted by Crippen LogP contribution is -2.51. The Bertz CT molecular complexity index is 1210. The third-order valence-electron chi connectivity index (χ3n) is 6.07. The van der Waals surface area contributed by atoms with Crippen molar-refractivity contribution in [1.29, 1.82) is 0 Å². The Hall–Kier alpha value is -4.07. The molecule has 2 atom stereocenters. The normalized spacial score (nSPS) is 15.9. The van der Waals surface area contributed by atoms with Gasteiger partial charge in [-0.2, -0.15) is 0 Å². The van der Waals surface area contributed by atoms with E-state index in [2.05, 4.69) is 10.6 Å². The van der Waals surface area contributed by atoms with Crippen LogP contribution in [0.3, 0.4) is 0 Å². The second-order valence-electron chi connectivity index (χ2n) is 8.51. The quantitative estimate of drug-likeness (QED) is 0.537. The topological polar surface area (TPSA) is 97.0 Å². The summed E-state index contributed by atoms with van der Waals surface area (Å²) in [6, 6.07) is 19.2. The van der Waals surface area contributed by atoms with Crippen LogP contribution in [0.5, 0.6) is 5.75 Å². The monoisotopic (exact) mass is 475 g/mol. The summed E-state index contributed by atoms with van der Waals surface area (Å²) in [6.07, 6.45) is 0.571. The molecule has 8 nitrogen and oxygen atoms in total. The first-order valence-electron chi connectivity index (χ1n) is 11.6. The zero-order valence-corrected chi connectivity index (χ0v) is 19.8. The molecule has 1 saturated heterocycles. The zero-order valence-electron chi connectivity index (χ0n) is 19.8. The van der Waals surface area contributed by atoms with Crippen molar-refractivity contribution in [3.8, 4) is 5.75 Å². The van der Waals surface area contributed by atoms with E-state index in [0.29, 0.717) is 30.8 Å². The zero-order chi connectivity index (χ0) is 24.8. The summed E-state index contributed by atoms with van der Waals surface area (Å²) in [5, 5.41) is 7.39. The van der Waals surface area contributed by atoms with Crippen molar-refractivity contribution in [2.24, 2.45) is 0 Å². The smallest absolute Gasteiger partial charge is 0.408 e. The van der Waals surface area contributed by atoms with E-state index in [1.54, 1.807) is 20.1 Å². The Morgan fingerprint density at radius 2 is 1.80 bits per heavy atom. The number of carbonyl (C=O) groups excluding carboxylic acids is 3. The van der Waals surface area contributed by atoms with Crippen LogP contribution in [0.1, 0.15) is 25.3 Å². The Kier molecular flexibility index (Phi) is 7.50. The number of hydrogen-bond acceptors (Lipinski definition) is 5. The first kappa shape index (κ1) is 24.1. The maximum absolute atomic E-state index is 13.1. The molecule has 0 unspecified atom stereocenters. The van der Waals surface area contributed by atoms with Gasteiger partial charge in [-0.15, -0.1) is 0 Å². The SMILES string of the molecule is COc1cc(NC(=O)[C@@H]2CCCN2C(=O)[C@H](C)NC(=O)OCc2ccccc2)cc2ccccc12. The molecule has 0 spiro atoms. The molecule has 0 aromatic heterocycles.